The van der Waals surface area contributed by atoms with E-state index in [2.05, 4.69) is 10.0 Å². The minimum absolute atomic E-state index is 0.130. The van der Waals surface area contributed by atoms with Crippen LogP contribution in [0.15, 0.2) is 58.1 Å². The molecule has 4 atom stereocenters. The molecule has 2 aliphatic heterocycles. The standard InChI is InChI=1S/C34H44N4O9S2/c1-22-18-38(23(2)20-39)33(40)27-16-26(36-49(42,43)32-9-7-15-48-32)11-12-28(27)47-24(3)8-5-6-14-44-31(22)19-37(4)34(41)35-25-10-13-29-30(17-25)46-21-45-29/h7,9-13,15-17,22-24,31,36,39H,5-6,8,14,18-21H2,1-4H3,(H,35,41)/t22-,23-,24-,31-/m1/s1. The summed E-state index contributed by atoms with van der Waals surface area (Å²) in [5.74, 6) is 0.788. The van der Waals surface area contributed by atoms with Crippen molar-refractivity contribution in [3.05, 3.63) is 59.5 Å². The average molecular weight is 717 g/mol. The molecule has 2 aliphatic rings. The van der Waals surface area contributed by atoms with Crippen molar-refractivity contribution in [1.29, 1.82) is 0 Å². The molecule has 0 spiro atoms. The number of likely N-dealkylation sites (N-methyl/N-ethyl adjacent to an activating group) is 1. The molecular formula is C34H44N4O9S2. The van der Waals surface area contributed by atoms with Crippen LogP contribution in [0.1, 0.15) is 50.4 Å². The van der Waals surface area contributed by atoms with E-state index in [9.17, 15) is 23.1 Å². The number of rotatable bonds is 8. The summed E-state index contributed by atoms with van der Waals surface area (Å²) in [4.78, 5) is 30.7. The number of nitrogens with zero attached hydrogens (tertiary/aromatic N) is 2. The van der Waals surface area contributed by atoms with Crippen LogP contribution in [0.4, 0.5) is 16.2 Å². The van der Waals surface area contributed by atoms with Gasteiger partial charge in [0.15, 0.2) is 11.5 Å². The van der Waals surface area contributed by atoms with Crippen LogP contribution in [-0.4, -0.2) is 93.7 Å². The van der Waals surface area contributed by atoms with Gasteiger partial charge in [-0.1, -0.05) is 13.0 Å². The van der Waals surface area contributed by atoms with Gasteiger partial charge in [0.1, 0.15) is 9.96 Å². The zero-order valence-electron chi connectivity index (χ0n) is 28.1. The van der Waals surface area contributed by atoms with E-state index in [-0.39, 0.29) is 60.0 Å². The second-order valence-corrected chi connectivity index (χ2v) is 15.3. The van der Waals surface area contributed by atoms with Crippen molar-refractivity contribution in [2.75, 3.05) is 50.2 Å². The number of nitrogens with one attached hydrogen (secondary N) is 2. The summed E-state index contributed by atoms with van der Waals surface area (Å²) in [5.41, 5.74) is 0.931. The van der Waals surface area contributed by atoms with Gasteiger partial charge in [0.25, 0.3) is 15.9 Å². The maximum absolute atomic E-state index is 14.4. The quantitative estimate of drug-likeness (QED) is 0.284. The zero-order chi connectivity index (χ0) is 35.1. The Hall–Kier alpha value is -4.05. The normalized spacial score (nSPS) is 20.8. The van der Waals surface area contributed by atoms with Crippen LogP contribution in [0, 0.1) is 5.92 Å². The van der Waals surface area contributed by atoms with Gasteiger partial charge in [-0.25, -0.2) is 13.2 Å². The third kappa shape index (κ3) is 9.15. The lowest BCUT2D eigenvalue weighted by atomic mass is 10.0. The van der Waals surface area contributed by atoms with Crippen molar-refractivity contribution >= 4 is 44.7 Å². The first-order valence-corrected chi connectivity index (χ1v) is 18.6. The molecular weight excluding hydrogens is 673 g/mol. The minimum atomic E-state index is -3.87. The van der Waals surface area contributed by atoms with E-state index in [4.69, 9.17) is 18.9 Å². The molecule has 0 bridgehead atoms. The summed E-state index contributed by atoms with van der Waals surface area (Å²) in [7, 11) is -2.19. The van der Waals surface area contributed by atoms with E-state index in [1.807, 2.05) is 13.8 Å². The lowest BCUT2D eigenvalue weighted by Gasteiger charge is -2.35. The number of sulfonamides is 1. The molecule has 13 nitrogen and oxygen atoms in total. The predicted octanol–water partition coefficient (Wildman–Crippen LogP) is 5.24. The Morgan fingerprint density at radius 2 is 1.84 bits per heavy atom. The second-order valence-electron chi connectivity index (χ2n) is 12.4. The number of carbonyl (C=O) groups is 2. The molecule has 0 fully saturated rings. The van der Waals surface area contributed by atoms with Crippen LogP contribution in [0.3, 0.4) is 0 Å². The molecule has 0 unspecified atom stereocenters. The summed E-state index contributed by atoms with van der Waals surface area (Å²) in [5, 5.41) is 14.8. The van der Waals surface area contributed by atoms with Gasteiger partial charge in [0, 0.05) is 50.1 Å². The van der Waals surface area contributed by atoms with Gasteiger partial charge in [-0.15, -0.1) is 11.3 Å². The molecule has 0 radical (unpaired) electrons. The molecule has 3 heterocycles. The molecule has 3 amide bonds. The Balaban J connectivity index is 1.38. The molecule has 5 rings (SSSR count). The number of hydrogen-bond donors (Lipinski definition) is 3. The Morgan fingerprint density at radius 3 is 2.59 bits per heavy atom. The van der Waals surface area contributed by atoms with E-state index in [0.29, 0.717) is 36.0 Å². The molecule has 2 aromatic carbocycles. The summed E-state index contributed by atoms with van der Waals surface area (Å²) in [6, 6.07) is 12.1. The molecule has 3 aromatic rings. The van der Waals surface area contributed by atoms with Gasteiger partial charge in [-0.3, -0.25) is 9.52 Å². The average Bonchev–Trinajstić information content (AvgIpc) is 3.79. The summed E-state index contributed by atoms with van der Waals surface area (Å²) < 4.78 is 52.1. The first-order valence-electron chi connectivity index (χ1n) is 16.3. The van der Waals surface area contributed by atoms with Crippen LogP contribution >= 0.6 is 11.3 Å². The Kier molecular flexibility index (Phi) is 11.9. The maximum Gasteiger partial charge on any atom is 0.321 e. The third-order valence-electron chi connectivity index (χ3n) is 8.49. The van der Waals surface area contributed by atoms with E-state index < -0.39 is 28.1 Å². The van der Waals surface area contributed by atoms with Gasteiger partial charge in [0.2, 0.25) is 6.79 Å². The van der Waals surface area contributed by atoms with Gasteiger partial charge < -0.3 is 39.2 Å². The highest BCUT2D eigenvalue weighted by molar-refractivity contribution is 7.94. The fourth-order valence-corrected chi connectivity index (χ4v) is 7.66. The largest absolute Gasteiger partial charge is 0.490 e. The lowest BCUT2D eigenvalue weighted by Crippen LogP contribution is -2.48. The number of thiophene rings is 1. The molecule has 0 saturated carbocycles. The highest BCUT2D eigenvalue weighted by Crippen LogP contribution is 2.34. The predicted molar refractivity (Wildman–Crippen MR) is 186 cm³/mol. The summed E-state index contributed by atoms with van der Waals surface area (Å²) in [6.07, 6.45) is 1.56. The number of aliphatic hydroxyl groups is 1. The maximum atomic E-state index is 14.4. The third-order valence-corrected chi connectivity index (χ3v) is 11.3. The van der Waals surface area contributed by atoms with Gasteiger partial charge in [0.05, 0.1) is 30.4 Å². The molecule has 0 saturated heterocycles. The van der Waals surface area contributed by atoms with Crippen LogP contribution in [0.25, 0.3) is 0 Å². The number of carbonyl (C=O) groups excluding carboxylic acids is 2. The van der Waals surface area contributed by atoms with Crippen molar-refractivity contribution in [1.82, 2.24) is 9.80 Å². The zero-order valence-corrected chi connectivity index (χ0v) is 29.7. The number of ether oxygens (including phenoxy) is 4. The molecule has 266 valence electrons. The van der Waals surface area contributed by atoms with Crippen LogP contribution < -0.4 is 24.2 Å². The summed E-state index contributed by atoms with van der Waals surface area (Å²) in [6.45, 7) is 6.29. The topological polar surface area (TPSA) is 156 Å². The van der Waals surface area contributed by atoms with Crippen molar-refractivity contribution in [2.24, 2.45) is 5.92 Å². The highest BCUT2D eigenvalue weighted by Gasteiger charge is 2.31. The Labute approximate surface area is 291 Å². The molecule has 0 aliphatic carbocycles. The number of urea groups is 1. The monoisotopic (exact) mass is 716 g/mol. The second kappa shape index (κ2) is 16.1. The van der Waals surface area contributed by atoms with Crippen molar-refractivity contribution in [3.63, 3.8) is 0 Å². The molecule has 1 aromatic heterocycles. The number of anilines is 2. The highest BCUT2D eigenvalue weighted by atomic mass is 32.2. The number of benzene rings is 2. The first kappa shape index (κ1) is 36.2. The van der Waals surface area contributed by atoms with E-state index in [0.717, 1.165) is 24.2 Å². The van der Waals surface area contributed by atoms with Crippen molar-refractivity contribution < 1.29 is 42.1 Å². The first-order chi connectivity index (χ1) is 23.4. The smallest absolute Gasteiger partial charge is 0.321 e. The lowest BCUT2D eigenvalue weighted by molar-refractivity contribution is -0.0115. The van der Waals surface area contributed by atoms with Crippen molar-refractivity contribution in [2.45, 2.75) is 62.5 Å². The summed E-state index contributed by atoms with van der Waals surface area (Å²) >= 11 is 1.09. The number of aliphatic hydroxyl groups excluding tert-OH is 1. The SMILES string of the molecule is C[C@@H]1CCCCO[C@H](CN(C)C(=O)Nc2ccc3c(c2)OCO3)[C@H](C)CN([C@H](C)CO)C(=O)c2cc(NS(=O)(=O)c3cccs3)ccc2O1. The van der Waals surface area contributed by atoms with Crippen LogP contribution in [0.2, 0.25) is 0 Å². The van der Waals surface area contributed by atoms with E-state index in [1.165, 1.54) is 17.0 Å². The molecule has 3 N–H and O–H groups in total. The number of amides is 3. The van der Waals surface area contributed by atoms with E-state index >= 15 is 0 Å². The van der Waals surface area contributed by atoms with Gasteiger partial charge >= 0.3 is 6.03 Å². The Morgan fingerprint density at radius 1 is 1.08 bits per heavy atom. The van der Waals surface area contributed by atoms with E-state index in [1.54, 1.807) is 60.6 Å². The fourth-order valence-electron chi connectivity index (χ4n) is 5.62. The van der Waals surface area contributed by atoms with Crippen LogP contribution in [-0.2, 0) is 14.8 Å². The minimum Gasteiger partial charge on any atom is -0.490 e. The molecule has 49 heavy (non-hydrogen) atoms. The van der Waals surface area contributed by atoms with Gasteiger partial charge in [-0.2, -0.15) is 0 Å². The van der Waals surface area contributed by atoms with Crippen LogP contribution in [0.5, 0.6) is 17.2 Å². The fraction of sp³-hybridized carbons (Fsp3) is 0.471. The number of fused-ring (bicyclic) bond motifs is 2. The van der Waals surface area contributed by atoms with Crippen molar-refractivity contribution in [3.8, 4) is 17.2 Å². The molecule has 15 heteroatoms. The Bertz CT molecular complexity index is 1700. The van der Waals surface area contributed by atoms with Gasteiger partial charge in [-0.05, 0) is 74.9 Å². The number of hydrogen-bond acceptors (Lipinski definition) is 10.